The van der Waals surface area contributed by atoms with Gasteiger partial charge in [-0.3, -0.25) is 0 Å². The van der Waals surface area contributed by atoms with Crippen molar-refractivity contribution in [3.05, 3.63) is 46.4 Å². The summed E-state index contributed by atoms with van der Waals surface area (Å²) in [4.78, 5) is 0. The van der Waals surface area contributed by atoms with Crippen LogP contribution in [0.1, 0.15) is 37.3 Å². The second kappa shape index (κ2) is 5.40. The quantitative estimate of drug-likeness (QED) is 0.797. The van der Waals surface area contributed by atoms with Gasteiger partial charge in [-0.25, -0.2) is 0 Å². The molecule has 0 spiro atoms. The van der Waals surface area contributed by atoms with Crippen molar-refractivity contribution in [1.29, 1.82) is 0 Å². The second-order valence-corrected chi connectivity index (χ2v) is 7.49. The van der Waals surface area contributed by atoms with E-state index >= 15 is 0 Å². The topological polar surface area (TPSA) is 12.0 Å². The van der Waals surface area contributed by atoms with Crippen LogP contribution in [0, 0.1) is 17.8 Å². The highest BCUT2D eigenvalue weighted by Crippen LogP contribution is 2.60. The van der Waals surface area contributed by atoms with Gasteiger partial charge in [0.1, 0.15) is 0 Å². The van der Waals surface area contributed by atoms with E-state index in [4.69, 9.17) is 0 Å². The molecule has 2 aliphatic carbocycles. The third kappa shape index (κ3) is 2.24. The molecule has 1 N–H and O–H groups in total. The first kappa shape index (κ1) is 13.8. The Hall–Kier alpha value is -0.860. The van der Waals surface area contributed by atoms with E-state index in [-0.39, 0.29) is 0 Å². The molecule has 2 aromatic carbocycles. The number of fused-ring (bicyclic) bond motifs is 2. The van der Waals surface area contributed by atoms with Crippen LogP contribution in [0.25, 0.3) is 10.8 Å². The maximum atomic E-state index is 3.70. The van der Waals surface area contributed by atoms with Gasteiger partial charge in [-0.15, -0.1) is 0 Å². The lowest BCUT2D eigenvalue weighted by molar-refractivity contribution is 0.480. The van der Waals surface area contributed by atoms with Crippen LogP contribution in [0.4, 0.5) is 0 Å². The number of halogens is 1. The van der Waals surface area contributed by atoms with Gasteiger partial charge in [0.2, 0.25) is 0 Å². The van der Waals surface area contributed by atoms with Crippen LogP contribution in [-0.2, 0) is 0 Å². The van der Waals surface area contributed by atoms with Crippen LogP contribution in [0.2, 0.25) is 0 Å². The Bertz CT molecular complexity index is 654. The molecule has 0 radical (unpaired) electrons. The molecule has 0 saturated heterocycles. The standard InChI is InChI=1S/C19H22BrN/c1-21-19(18-14-8-4-5-9-15(14)18)16-10-11-17(20)13-7-3-2-6-12(13)16/h2-3,6-7,10-11,14-15,18-19,21H,4-5,8-9H2,1H3. The van der Waals surface area contributed by atoms with Crippen molar-refractivity contribution in [2.45, 2.75) is 31.7 Å². The molecule has 110 valence electrons. The fourth-order valence-electron chi connectivity index (χ4n) is 4.65. The zero-order valence-corrected chi connectivity index (χ0v) is 14.1. The van der Waals surface area contributed by atoms with Gasteiger partial charge in [0.05, 0.1) is 0 Å². The minimum absolute atomic E-state index is 0.510. The summed E-state index contributed by atoms with van der Waals surface area (Å²) < 4.78 is 1.20. The molecule has 2 saturated carbocycles. The van der Waals surface area contributed by atoms with Crippen molar-refractivity contribution < 1.29 is 0 Å². The van der Waals surface area contributed by atoms with E-state index in [0.29, 0.717) is 6.04 Å². The minimum Gasteiger partial charge on any atom is -0.313 e. The van der Waals surface area contributed by atoms with Gasteiger partial charge in [0.25, 0.3) is 0 Å². The van der Waals surface area contributed by atoms with E-state index in [1.807, 2.05) is 0 Å². The number of rotatable bonds is 3. The molecule has 2 aromatic rings. The highest BCUT2D eigenvalue weighted by Gasteiger charge is 2.54. The fraction of sp³-hybridized carbons (Fsp3) is 0.474. The van der Waals surface area contributed by atoms with E-state index in [9.17, 15) is 0 Å². The predicted molar refractivity (Wildman–Crippen MR) is 92.4 cm³/mol. The highest BCUT2D eigenvalue weighted by molar-refractivity contribution is 9.10. The summed E-state index contributed by atoms with van der Waals surface area (Å²) in [6, 6.07) is 13.8. The van der Waals surface area contributed by atoms with Crippen LogP contribution in [0.3, 0.4) is 0 Å². The summed E-state index contributed by atoms with van der Waals surface area (Å²) >= 11 is 3.70. The highest BCUT2D eigenvalue weighted by atomic mass is 79.9. The first-order valence-corrected chi connectivity index (χ1v) is 8.95. The van der Waals surface area contributed by atoms with Crippen LogP contribution in [0.5, 0.6) is 0 Å². The second-order valence-electron chi connectivity index (χ2n) is 6.64. The molecule has 0 heterocycles. The Kier molecular flexibility index (Phi) is 3.55. The van der Waals surface area contributed by atoms with Gasteiger partial charge in [-0.05, 0) is 60.0 Å². The molecular formula is C19H22BrN. The van der Waals surface area contributed by atoms with E-state index in [1.165, 1.54) is 46.5 Å². The van der Waals surface area contributed by atoms with Crippen LogP contribution >= 0.6 is 15.9 Å². The van der Waals surface area contributed by atoms with Gasteiger partial charge < -0.3 is 5.32 Å². The largest absolute Gasteiger partial charge is 0.313 e. The Labute approximate surface area is 135 Å². The van der Waals surface area contributed by atoms with Crippen LogP contribution < -0.4 is 5.32 Å². The van der Waals surface area contributed by atoms with E-state index in [2.05, 4.69) is 64.7 Å². The summed E-state index contributed by atoms with van der Waals surface area (Å²) in [5.74, 6) is 2.79. The zero-order chi connectivity index (χ0) is 14.4. The molecule has 2 fully saturated rings. The average Bonchev–Trinajstić information content (AvgIpc) is 3.25. The summed E-state index contributed by atoms with van der Waals surface area (Å²) in [5.41, 5.74) is 1.48. The molecule has 0 bridgehead atoms. The predicted octanol–water partition coefficient (Wildman–Crippen LogP) is 5.30. The van der Waals surface area contributed by atoms with Crippen molar-refractivity contribution in [2.24, 2.45) is 17.8 Å². The van der Waals surface area contributed by atoms with Crippen molar-refractivity contribution >= 4 is 26.7 Å². The Morgan fingerprint density at radius 2 is 1.67 bits per heavy atom. The summed E-state index contributed by atoms with van der Waals surface area (Å²) in [5, 5.41) is 6.36. The van der Waals surface area contributed by atoms with Crippen molar-refractivity contribution in [2.75, 3.05) is 7.05 Å². The summed E-state index contributed by atoms with van der Waals surface area (Å²) in [6.45, 7) is 0. The maximum absolute atomic E-state index is 3.70. The molecule has 21 heavy (non-hydrogen) atoms. The normalized spacial score (nSPS) is 29.1. The number of nitrogens with one attached hydrogen (secondary N) is 1. The first-order valence-electron chi connectivity index (χ1n) is 8.15. The Morgan fingerprint density at radius 1 is 1.00 bits per heavy atom. The fourth-order valence-corrected chi connectivity index (χ4v) is 5.13. The van der Waals surface area contributed by atoms with Gasteiger partial charge in [-0.1, -0.05) is 59.1 Å². The summed E-state index contributed by atoms with van der Waals surface area (Å²) in [6.07, 6.45) is 5.77. The smallest absolute Gasteiger partial charge is 0.0357 e. The molecule has 3 unspecified atom stereocenters. The number of benzene rings is 2. The van der Waals surface area contributed by atoms with Gasteiger partial charge in [-0.2, -0.15) is 0 Å². The molecule has 3 atom stereocenters. The minimum atomic E-state index is 0.510. The lowest BCUT2D eigenvalue weighted by Gasteiger charge is -2.20. The van der Waals surface area contributed by atoms with E-state index in [1.54, 1.807) is 0 Å². The molecule has 1 nitrogen and oxygen atoms in total. The van der Waals surface area contributed by atoms with Crippen molar-refractivity contribution in [3.63, 3.8) is 0 Å². The molecular weight excluding hydrogens is 322 g/mol. The lowest BCUT2D eigenvalue weighted by atomic mass is 9.94. The number of hydrogen-bond donors (Lipinski definition) is 1. The van der Waals surface area contributed by atoms with Gasteiger partial charge >= 0.3 is 0 Å². The zero-order valence-electron chi connectivity index (χ0n) is 12.5. The maximum Gasteiger partial charge on any atom is 0.0357 e. The van der Waals surface area contributed by atoms with E-state index in [0.717, 1.165) is 17.8 Å². The molecule has 0 aliphatic heterocycles. The van der Waals surface area contributed by atoms with Crippen molar-refractivity contribution in [1.82, 2.24) is 5.32 Å². The average molecular weight is 344 g/mol. The summed E-state index contributed by atoms with van der Waals surface area (Å²) in [7, 11) is 2.13. The third-order valence-corrected chi connectivity index (χ3v) is 6.35. The Morgan fingerprint density at radius 3 is 2.33 bits per heavy atom. The van der Waals surface area contributed by atoms with Crippen molar-refractivity contribution in [3.8, 4) is 0 Å². The molecule has 4 rings (SSSR count). The molecule has 2 heteroatoms. The SMILES string of the molecule is CNC(c1ccc(Br)c2ccccc12)C1C2CCCCC21. The third-order valence-electron chi connectivity index (χ3n) is 5.66. The lowest BCUT2D eigenvalue weighted by Crippen LogP contribution is -2.20. The van der Waals surface area contributed by atoms with E-state index < -0.39 is 0 Å². The van der Waals surface area contributed by atoms with Crippen LogP contribution in [0.15, 0.2) is 40.9 Å². The van der Waals surface area contributed by atoms with Crippen LogP contribution in [-0.4, -0.2) is 7.05 Å². The monoisotopic (exact) mass is 343 g/mol. The number of hydrogen-bond acceptors (Lipinski definition) is 1. The first-order chi connectivity index (χ1) is 10.3. The molecule has 2 aliphatic rings. The molecule has 0 amide bonds. The van der Waals surface area contributed by atoms with Gasteiger partial charge in [0.15, 0.2) is 0 Å². The molecule has 0 aromatic heterocycles. The Balaban J connectivity index is 1.76. The van der Waals surface area contributed by atoms with Gasteiger partial charge in [0, 0.05) is 10.5 Å².